The van der Waals surface area contributed by atoms with Crippen molar-refractivity contribution in [2.75, 3.05) is 7.11 Å². The Kier molecular flexibility index (Phi) is 4.80. The lowest BCUT2D eigenvalue weighted by Crippen LogP contribution is -2.28. The van der Waals surface area contributed by atoms with E-state index in [0.717, 1.165) is 24.2 Å². The van der Waals surface area contributed by atoms with Crippen LogP contribution in [0.25, 0.3) is 0 Å². The summed E-state index contributed by atoms with van der Waals surface area (Å²) < 4.78 is 5.13. The van der Waals surface area contributed by atoms with Crippen molar-refractivity contribution in [3.63, 3.8) is 0 Å². The lowest BCUT2D eigenvalue weighted by Gasteiger charge is -2.28. The predicted molar refractivity (Wildman–Crippen MR) is 76.0 cm³/mol. The third-order valence-corrected chi connectivity index (χ3v) is 3.16. The molecule has 2 heteroatoms. The van der Waals surface area contributed by atoms with Gasteiger partial charge < -0.3 is 9.84 Å². The molecule has 0 bridgehead atoms. The van der Waals surface area contributed by atoms with Gasteiger partial charge in [-0.25, -0.2) is 0 Å². The van der Waals surface area contributed by atoms with E-state index in [1.165, 1.54) is 0 Å². The van der Waals surface area contributed by atoms with Crippen LogP contribution in [0.4, 0.5) is 0 Å². The standard InChI is InChI=1S/C16H26O2/c1-15(2,3)10-11-16(4,17)12-13-6-8-14(18-5)9-7-13/h6-9,17H,10-12H2,1-5H3. The molecule has 0 amide bonds. The number of benzene rings is 1. The molecule has 0 aliphatic carbocycles. The van der Waals surface area contributed by atoms with E-state index in [9.17, 15) is 5.11 Å². The predicted octanol–water partition coefficient (Wildman–Crippen LogP) is 3.82. The van der Waals surface area contributed by atoms with Crippen LogP contribution < -0.4 is 4.74 Å². The first-order chi connectivity index (χ1) is 8.22. The molecule has 0 aromatic heterocycles. The van der Waals surface area contributed by atoms with Crippen LogP contribution in [-0.2, 0) is 6.42 Å². The Morgan fingerprint density at radius 1 is 1.00 bits per heavy atom. The maximum Gasteiger partial charge on any atom is 0.118 e. The highest BCUT2D eigenvalue weighted by Gasteiger charge is 2.23. The third kappa shape index (κ3) is 5.54. The number of hydrogen-bond donors (Lipinski definition) is 1. The second-order valence-electron chi connectivity index (χ2n) is 6.58. The summed E-state index contributed by atoms with van der Waals surface area (Å²) in [6.45, 7) is 8.53. The summed E-state index contributed by atoms with van der Waals surface area (Å²) in [6, 6.07) is 7.92. The quantitative estimate of drug-likeness (QED) is 0.861. The molecule has 1 N–H and O–H groups in total. The van der Waals surface area contributed by atoms with Crippen LogP contribution in [0, 0.1) is 5.41 Å². The van der Waals surface area contributed by atoms with Gasteiger partial charge in [0.25, 0.3) is 0 Å². The fourth-order valence-corrected chi connectivity index (χ4v) is 1.92. The molecule has 0 radical (unpaired) electrons. The fourth-order valence-electron chi connectivity index (χ4n) is 1.92. The average Bonchev–Trinajstić information content (AvgIpc) is 2.26. The Balaban J connectivity index is 2.58. The molecule has 0 saturated heterocycles. The molecule has 2 nitrogen and oxygen atoms in total. The lowest BCUT2D eigenvalue weighted by molar-refractivity contribution is 0.0396. The monoisotopic (exact) mass is 250 g/mol. The van der Waals surface area contributed by atoms with Gasteiger partial charge in [-0.1, -0.05) is 32.9 Å². The molecule has 0 aliphatic heterocycles. The van der Waals surface area contributed by atoms with Gasteiger partial charge in [0.1, 0.15) is 5.75 Å². The van der Waals surface area contributed by atoms with E-state index >= 15 is 0 Å². The zero-order chi connectivity index (χ0) is 13.8. The van der Waals surface area contributed by atoms with Crippen LogP contribution in [0.5, 0.6) is 5.75 Å². The third-order valence-electron chi connectivity index (χ3n) is 3.16. The van der Waals surface area contributed by atoms with E-state index in [2.05, 4.69) is 20.8 Å². The summed E-state index contributed by atoms with van der Waals surface area (Å²) in [4.78, 5) is 0. The lowest BCUT2D eigenvalue weighted by atomic mass is 9.83. The number of aliphatic hydroxyl groups is 1. The molecule has 1 rings (SSSR count). The van der Waals surface area contributed by atoms with E-state index in [1.807, 2.05) is 31.2 Å². The maximum atomic E-state index is 10.4. The second-order valence-corrected chi connectivity index (χ2v) is 6.58. The molecule has 0 aliphatic rings. The highest BCUT2D eigenvalue weighted by Crippen LogP contribution is 2.27. The highest BCUT2D eigenvalue weighted by atomic mass is 16.5. The minimum absolute atomic E-state index is 0.268. The first kappa shape index (κ1) is 15.0. The van der Waals surface area contributed by atoms with Crippen LogP contribution in [-0.4, -0.2) is 17.8 Å². The fraction of sp³-hybridized carbons (Fsp3) is 0.625. The minimum Gasteiger partial charge on any atom is -0.497 e. The molecule has 1 unspecified atom stereocenters. The van der Waals surface area contributed by atoms with Gasteiger partial charge in [0.05, 0.1) is 12.7 Å². The SMILES string of the molecule is COc1ccc(CC(C)(O)CCC(C)(C)C)cc1. The Morgan fingerprint density at radius 2 is 1.56 bits per heavy atom. The van der Waals surface area contributed by atoms with Gasteiger partial charge in [-0.2, -0.15) is 0 Å². The molecule has 1 aromatic carbocycles. The summed E-state index contributed by atoms with van der Waals surface area (Å²) in [6.07, 6.45) is 2.53. The molecular formula is C16H26O2. The first-order valence-electron chi connectivity index (χ1n) is 6.57. The van der Waals surface area contributed by atoms with E-state index in [-0.39, 0.29) is 5.41 Å². The smallest absolute Gasteiger partial charge is 0.118 e. The molecule has 0 saturated carbocycles. The molecule has 0 spiro atoms. The van der Waals surface area contributed by atoms with Crippen molar-refractivity contribution in [3.05, 3.63) is 29.8 Å². The molecule has 18 heavy (non-hydrogen) atoms. The van der Waals surface area contributed by atoms with Crippen molar-refractivity contribution in [3.8, 4) is 5.75 Å². The van der Waals surface area contributed by atoms with Crippen LogP contribution in [0.15, 0.2) is 24.3 Å². The summed E-state index contributed by atoms with van der Waals surface area (Å²) in [5, 5.41) is 10.4. The van der Waals surface area contributed by atoms with Crippen LogP contribution in [0.1, 0.15) is 46.1 Å². The van der Waals surface area contributed by atoms with Gasteiger partial charge in [-0.3, -0.25) is 0 Å². The van der Waals surface area contributed by atoms with Crippen LogP contribution in [0.2, 0.25) is 0 Å². The average molecular weight is 250 g/mol. The van der Waals surface area contributed by atoms with Crippen molar-refractivity contribution < 1.29 is 9.84 Å². The normalized spacial score (nSPS) is 15.2. The number of rotatable bonds is 5. The molecule has 0 heterocycles. The van der Waals surface area contributed by atoms with Crippen LogP contribution >= 0.6 is 0 Å². The number of methoxy groups -OCH3 is 1. The van der Waals surface area contributed by atoms with Crippen molar-refractivity contribution >= 4 is 0 Å². The van der Waals surface area contributed by atoms with Crippen molar-refractivity contribution in [2.45, 2.75) is 52.6 Å². The minimum atomic E-state index is -0.637. The zero-order valence-corrected chi connectivity index (χ0v) is 12.3. The zero-order valence-electron chi connectivity index (χ0n) is 12.3. The summed E-state index contributed by atoms with van der Waals surface area (Å²) >= 11 is 0. The largest absolute Gasteiger partial charge is 0.497 e. The van der Waals surface area contributed by atoms with E-state index in [4.69, 9.17) is 4.74 Å². The number of hydrogen-bond acceptors (Lipinski definition) is 2. The maximum absolute atomic E-state index is 10.4. The first-order valence-corrected chi connectivity index (χ1v) is 6.57. The van der Waals surface area contributed by atoms with Gasteiger partial charge in [0, 0.05) is 6.42 Å². The van der Waals surface area contributed by atoms with E-state index < -0.39 is 5.60 Å². The van der Waals surface area contributed by atoms with Crippen molar-refractivity contribution in [1.82, 2.24) is 0 Å². The van der Waals surface area contributed by atoms with Gasteiger partial charge in [0.15, 0.2) is 0 Å². The highest BCUT2D eigenvalue weighted by molar-refractivity contribution is 5.27. The Morgan fingerprint density at radius 3 is 2.00 bits per heavy atom. The molecule has 1 atom stereocenters. The molecular weight excluding hydrogens is 224 g/mol. The van der Waals surface area contributed by atoms with Gasteiger partial charge in [-0.05, 0) is 42.9 Å². The summed E-state index contributed by atoms with van der Waals surface area (Å²) in [7, 11) is 1.66. The number of ether oxygens (including phenoxy) is 1. The van der Waals surface area contributed by atoms with Gasteiger partial charge in [-0.15, -0.1) is 0 Å². The summed E-state index contributed by atoms with van der Waals surface area (Å²) in [5.41, 5.74) is 0.779. The Bertz CT molecular complexity index is 358. The van der Waals surface area contributed by atoms with Crippen molar-refractivity contribution in [1.29, 1.82) is 0 Å². The van der Waals surface area contributed by atoms with Crippen molar-refractivity contribution in [2.24, 2.45) is 5.41 Å². The van der Waals surface area contributed by atoms with Crippen LogP contribution in [0.3, 0.4) is 0 Å². The second kappa shape index (κ2) is 5.75. The van der Waals surface area contributed by atoms with E-state index in [0.29, 0.717) is 6.42 Å². The molecule has 102 valence electrons. The Hall–Kier alpha value is -1.02. The van der Waals surface area contributed by atoms with Gasteiger partial charge in [0.2, 0.25) is 0 Å². The van der Waals surface area contributed by atoms with E-state index in [1.54, 1.807) is 7.11 Å². The molecule has 0 fully saturated rings. The molecule has 1 aromatic rings. The summed E-state index contributed by atoms with van der Waals surface area (Å²) in [5.74, 6) is 0.855. The Labute approximate surface area is 111 Å². The van der Waals surface area contributed by atoms with Gasteiger partial charge >= 0.3 is 0 Å². The topological polar surface area (TPSA) is 29.5 Å².